The fraction of sp³-hybridized carbons (Fsp3) is 1.00. The summed E-state index contributed by atoms with van der Waals surface area (Å²) in [7, 11) is 0. The summed E-state index contributed by atoms with van der Waals surface area (Å²) in [6.07, 6.45) is 12.7. The lowest BCUT2D eigenvalue weighted by molar-refractivity contribution is -0.0653. The number of nitrogens with one attached hydrogen (secondary N) is 1. The van der Waals surface area contributed by atoms with Crippen LogP contribution in [0, 0.1) is 11.8 Å². The fourth-order valence-electron chi connectivity index (χ4n) is 4.73. The van der Waals surface area contributed by atoms with Gasteiger partial charge in [-0.2, -0.15) is 0 Å². The molecule has 0 spiro atoms. The minimum absolute atomic E-state index is 0.0813. The first kappa shape index (κ1) is 13.9. The van der Waals surface area contributed by atoms with Crippen molar-refractivity contribution in [3.8, 4) is 0 Å². The van der Waals surface area contributed by atoms with E-state index in [1.165, 1.54) is 57.8 Å². The van der Waals surface area contributed by atoms with E-state index in [1.54, 1.807) is 0 Å². The van der Waals surface area contributed by atoms with Crippen LogP contribution in [0.1, 0.15) is 71.6 Å². The second-order valence-electron chi connectivity index (χ2n) is 7.78. The van der Waals surface area contributed by atoms with Gasteiger partial charge in [-0.25, -0.2) is 0 Å². The molecule has 0 amide bonds. The van der Waals surface area contributed by atoms with Crippen molar-refractivity contribution in [2.45, 2.75) is 89.3 Å². The Kier molecular flexibility index (Phi) is 4.19. The molecule has 1 N–H and O–H groups in total. The molecule has 3 aliphatic rings. The monoisotopic (exact) mass is 265 g/mol. The van der Waals surface area contributed by atoms with Crippen molar-refractivity contribution in [3.63, 3.8) is 0 Å². The Balaban J connectivity index is 1.50. The number of hydrogen-bond acceptors (Lipinski definition) is 2. The maximum absolute atomic E-state index is 5.83. The predicted molar refractivity (Wildman–Crippen MR) is 79.3 cm³/mol. The summed E-state index contributed by atoms with van der Waals surface area (Å²) < 4.78 is 5.83. The first-order valence-corrected chi connectivity index (χ1v) is 8.52. The van der Waals surface area contributed by atoms with E-state index in [-0.39, 0.29) is 5.60 Å². The Morgan fingerprint density at radius 3 is 2.47 bits per heavy atom. The smallest absolute Gasteiger partial charge is 0.0641 e. The minimum Gasteiger partial charge on any atom is -0.375 e. The summed E-state index contributed by atoms with van der Waals surface area (Å²) in [6.45, 7) is 5.40. The molecule has 2 saturated carbocycles. The third kappa shape index (κ3) is 3.52. The Labute approximate surface area is 118 Å². The van der Waals surface area contributed by atoms with Gasteiger partial charge in [0.15, 0.2) is 0 Å². The average Bonchev–Trinajstić information content (AvgIpc) is 2.37. The molecular weight excluding hydrogens is 234 g/mol. The first-order valence-electron chi connectivity index (χ1n) is 8.52. The Bertz CT molecular complexity index is 302. The van der Waals surface area contributed by atoms with Gasteiger partial charge in [0.1, 0.15) is 0 Å². The lowest BCUT2D eigenvalue weighted by Gasteiger charge is -2.43. The topological polar surface area (TPSA) is 21.3 Å². The van der Waals surface area contributed by atoms with Crippen LogP contribution in [0.3, 0.4) is 0 Å². The molecule has 2 aliphatic carbocycles. The number of rotatable bonds is 2. The van der Waals surface area contributed by atoms with E-state index in [9.17, 15) is 0 Å². The molecule has 4 atom stereocenters. The SMILES string of the molecule is CC1(C)CC(NC2CCC3CCCCC3C2)CCO1. The van der Waals surface area contributed by atoms with Crippen molar-refractivity contribution < 1.29 is 4.74 Å². The molecular formula is C17H31NO. The standard InChI is InChI=1S/C17H31NO/c1-17(2)12-16(9-10-19-17)18-15-8-7-13-5-3-4-6-14(13)11-15/h13-16,18H,3-12H2,1-2H3. The maximum Gasteiger partial charge on any atom is 0.0641 e. The largest absolute Gasteiger partial charge is 0.375 e. The van der Waals surface area contributed by atoms with Gasteiger partial charge in [-0.3, -0.25) is 0 Å². The summed E-state index contributed by atoms with van der Waals surface area (Å²) in [6, 6.07) is 1.48. The number of hydrogen-bond donors (Lipinski definition) is 1. The highest BCUT2D eigenvalue weighted by Crippen LogP contribution is 2.40. The van der Waals surface area contributed by atoms with Gasteiger partial charge in [0.05, 0.1) is 5.60 Å². The highest BCUT2D eigenvalue weighted by atomic mass is 16.5. The zero-order chi connectivity index (χ0) is 13.3. The van der Waals surface area contributed by atoms with Crippen LogP contribution < -0.4 is 5.32 Å². The summed E-state index contributed by atoms with van der Waals surface area (Å²) >= 11 is 0. The van der Waals surface area contributed by atoms with Crippen molar-refractivity contribution in [1.29, 1.82) is 0 Å². The van der Waals surface area contributed by atoms with Crippen molar-refractivity contribution in [2.24, 2.45) is 11.8 Å². The lowest BCUT2D eigenvalue weighted by atomic mass is 9.69. The summed E-state index contributed by atoms with van der Waals surface area (Å²) in [4.78, 5) is 0. The minimum atomic E-state index is 0.0813. The number of fused-ring (bicyclic) bond motifs is 1. The molecule has 0 bridgehead atoms. The van der Waals surface area contributed by atoms with E-state index in [4.69, 9.17) is 4.74 Å². The molecule has 0 radical (unpaired) electrons. The van der Waals surface area contributed by atoms with Crippen LogP contribution in [0.15, 0.2) is 0 Å². The van der Waals surface area contributed by atoms with Crippen molar-refractivity contribution >= 4 is 0 Å². The van der Waals surface area contributed by atoms with Gasteiger partial charge in [0, 0.05) is 18.7 Å². The molecule has 0 aromatic carbocycles. The molecule has 1 saturated heterocycles. The van der Waals surface area contributed by atoms with Crippen LogP contribution in [0.25, 0.3) is 0 Å². The highest BCUT2D eigenvalue weighted by molar-refractivity contribution is 4.90. The van der Waals surface area contributed by atoms with E-state index in [2.05, 4.69) is 19.2 Å². The second kappa shape index (κ2) is 5.73. The third-order valence-corrected chi connectivity index (χ3v) is 5.71. The van der Waals surface area contributed by atoms with Crippen molar-refractivity contribution in [1.82, 2.24) is 5.32 Å². The fourth-order valence-corrected chi connectivity index (χ4v) is 4.73. The molecule has 3 rings (SSSR count). The summed E-state index contributed by atoms with van der Waals surface area (Å²) in [5.74, 6) is 2.10. The number of ether oxygens (including phenoxy) is 1. The Hall–Kier alpha value is -0.0800. The van der Waals surface area contributed by atoms with Crippen LogP contribution in [0.2, 0.25) is 0 Å². The molecule has 110 valence electrons. The van der Waals surface area contributed by atoms with E-state index >= 15 is 0 Å². The second-order valence-corrected chi connectivity index (χ2v) is 7.78. The zero-order valence-electron chi connectivity index (χ0n) is 12.8. The quantitative estimate of drug-likeness (QED) is 0.818. The predicted octanol–water partition coefficient (Wildman–Crippen LogP) is 3.89. The molecule has 2 nitrogen and oxygen atoms in total. The van der Waals surface area contributed by atoms with Gasteiger partial charge in [-0.05, 0) is 57.8 Å². The van der Waals surface area contributed by atoms with E-state index in [0.29, 0.717) is 6.04 Å². The molecule has 0 aromatic rings. The van der Waals surface area contributed by atoms with E-state index < -0.39 is 0 Å². The van der Waals surface area contributed by atoms with E-state index in [1.807, 2.05) is 0 Å². The van der Waals surface area contributed by atoms with Crippen molar-refractivity contribution in [2.75, 3.05) is 6.61 Å². The van der Waals surface area contributed by atoms with E-state index in [0.717, 1.165) is 24.5 Å². The molecule has 0 aromatic heterocycles. The molecule has 2 heteroatoms. The molecule has 1 aliphatic heterocycles. The molecule has 4 unspecified atom stereocenters. The van der Waals surface area contributed by atoms with Crippen LogP contribution in [0.5, 0.6) is 0 Å². The molecule has 3 fully saturated rings. The lowest BCUT2D eigenvalue weighted by Crippen LogP contribution is -2.49. The zero-order valence-corrected chi connectivity index (χ0v) is 12.8. The van der Waals surface area contributed by atoms with Crippen LogP contribution in [-0.4, -0.2) is 24.3 Å². The van der Waals surface area contributed by atoms with Gasteiger partial charge in [-0.1, -0.05) is 25.7 Å². The van der Waals surface area contributed by atoms with Crippen LogP contribution in [-0.2, 0) is 4.74 Å². The Morgan fingerprint density at radius 2 is 1.68 bits per heavy atom. The van der Waals surface area contributed by atoms with Gasteiger partial charge in [-0.15, -0.1) is 0 Å². The van der Waals surface area contributed by atoms with Gasteiger partial charge < -0.3 is 10.1 Å². The average molecular weight is 265 g/mol. The van der Waals surface area contributed by atoms with Crippen molar-refractivity contribution in [3.05, 3.63) is 0 Å². The molecule has 19 heavy (non-hydrogen) atoms. The summed E-state index contributed by atoms with van der Waals surface area (Å²) in [5, 5.41) is 3.97. The van der Waals surface area contributed by atoms with Gasteiger partial charge in [0.25, 0.3) is 0 Å². The highest BCUT2D eigenvalue weighted by Gasteiger charge is 2.35. The normalized spacial score (nSPS) is 42.6. The van der Waals surface area contributed by atoms with Gasteiger partial charge >= 0.3 is 0 Å². The van der Waals surface area contributed by atoms with Gasteiger partial charge in [0.2, 0.25) is 0 Å². The Morgan fingerprint density at radius 1 is 0.895 bits per heavy atom. The maximum atomic E-state index is 5.83. The van der Waals surface area contributed by atoms with Crippen LogP contribution in [0.4, 0.5) is 0 Å². The molecule has 1 heterocycles. The van der Waals surface area contributed by atoms with Crippen LogP contribution >= 0.6 is 0 Å². The summed E-state index contributed by atoms with van der Waals surface area (Å²) in [5.41, 5.74) is 0.0813. The third-order valence-electron chi connectivity index (χ3n) is 5.71. The first-order chi connectivity index (χ1) is 9.12.